The van der Waals surface area contributed by atoms with Crippen LogP contribution in [0.1, 0.15) is 59.8 Å². The Balaban J connectivity index is 2.28. The van der Waals surface area contributed by atoms with Crippen molar-refractivity contribution in [2.75, 3.05) is 6.54 Å². The minimum absolute atomic E-state index is 0.711. The molecular weight excluding hydrogens is 184 g/mol. The topological polar surface area (TPSA) is 15.3 Å². The minimum atomic E-state index is 0.711. The van der Waals surface area contributed by atoms with Crippen LogP contribution >= 0.6 is 0 Å². The molecule has 2 heteroatoms. The molecule has 0 amide bonds. The van der Waals surface area contributed by atoms with Gasteiger partial charge in [-0.25, -0.2) is 5.01 Å². The molecule has 0 saturated carbocycles. The van der Waals surface area contributed by atoms with Crippen LogP contribution in [0.2, 0.25) is 0 Å². The predicted octanol–water partition coefficient (Wildman–Crippen LogP) is 3.19. The molecule has 15 heavy (non-hydrogen) atoms. The maximum atomic E-state index is 3.64. The highest BCUT2D eigenvalue weighted by Crippen LogP contribution is 2.20. The summed E-state index contributed by atoms with van der Waals surface area (Å²) in [5, 5.41) is 2.48. The third-order valence-corrected chi connectivity index (χ3v) is 3.60. The van der Waals surface area contributed by atoms with Crippen molar-refractivity contribution in [2.45, 2.75) is 71.9 Å². The molecule has 0 bridgehead atoms. The number of nitrogens with one attached hydrogen (secondary N) is 1. The number of piperidine rings is 1. The van der Waals surface area contributed by atoms with E-state index in [1.54, 1.807) is 0 Å². The Morgan fingerprint density at radius 2 is 1.87 bits per heavy atom. The largest absolute Gasteiger partial charge is 0.254 e. The molecule has 1 heterocycles. The van der Waals surface area contributed by atoms with Gasteiger partial charge in [0.15, 0.2) is 0 Å². The Morgan fingerprint density at radius 3 is 2.40 bits per heavy atom. The van der Waals surface area contributed by atoms with E-state index < -0.39 is 0 Å². The van der Waals surface area contributed by atoms with Gasteiger partial charge in [-0.05, 0) is 39.0 Å². The third-order valence-electron chi connectivity index (χ3n) is 3.60. The molecule has 0 aliphatic carbocycles. The van der Waals surface area contributed by atoms with Gasteiger partial charge in [-0.15, -0.1) is 0 Å². The zero-order valence-electron chi connectivity index (χ0n) is 10.9. The fourth-order valence-corrected chi connectivity index (χ4v) is 2.59. The average molecular weight is 212 g/mol. The Hall–Kier alpha value is -0.0800. The van der Waals surface area contributed by atoms with Crippen LogP contribution in [-0.2, 0) is 0 Å². The van der Waals surface area contributed by atoms with Gasteiger partial charge in [0.25, 0.3) is 0 Å². The Morgan fingerprint density at radius 1 is 1.27 bits per heavy atom. The summed E-state index contributed by atoms with van der Waals surface area (Å²) < 4.78 is 0. The molecule has 0 aromatic heterocycles. The van der Waals surface area contributed by atoms with Crippen molar-refractivity contribution < 1.29 is 0 Å². The molecule has 90 valence electrons. The van der Waals surface area contributed by atoms with E-state index in [4.69, 9.17) is 0 Å². The number of hydrogen-bond donors (Lipinski definition) is 1. The molecule has 3 atom stereocenters. The fraction of sp³-hybridized carbons (Fsp3) is 1.00. The van der Waals surface area contributed by atoms with Gasteiger partial charge in [0, 0.05) is 18.6 Å². The lowest BCUT2D eigenvalue weighted by Crippen LogP contribution is -2.53. The maximum Gasteiger partial charge on any atom is 0.0218 e. The smallest absolute Gasteiger partial charge is 0.0218 e. The van der Waals surface area contributed by atoms with Gasteiger partial charge in [-0.2, -0.15) is 0 Å². The summed E-state index contributed by atoms with van der Waals surface area (Å²) in [5.41, 5.74) is 3.64. The van der Waals surface area contributed by atoms with Crippen LogP contribution in [0.3, 0.4) is 0 Å². The van der Waals surface area contributed by atoms with E-state index in [1.807, 2.05) is 0 Å². The molecule has 1 aliphatic rings. The first-order valence-electron chi connectivity index (χ1n) is 6.67. The molecule has 2 nitrogen and oxygen atoms in total. The van der Waals surface area contributed by atoms with E-state index in [1.165, 1.54) is 32.1 Å². The second kappa shape index (κ2) is 6.49. The maximum absolute atomic E-state index is 3.64. The lowest BCUT2D eigenvalue weighted by Gasteiger charge is -2.39. The average Bonchev–Trinajstić information content (AvgIpc) is 2.17. The van der Waals surface area contributed by atoms with Crippen LogP contribution < -0.4 is 5.43 Å². The van der Waals surface area contributed by atoms with Crippen LogP contribution in [-0.4, -0.2) is 23.6 Å². The zero-order valence-corrected chi connectivity index (χ0v) is 10.9. The van der Waals surface area contributed by atoms with Gasteiger partial charge in [0.2, 0.25) is 0 Å². The summed E-state index contributed by atoms with van der Waals surface area (Å²) in [7, 11) is 0. The second-order valence-corrected chi connectivity index (χ2v) is 5.29. The van der Waals surface area contributed by atoms with Crippen LogP contribution in [0, 0.1) is 5.92 Å². The van der Waals surface area contributed by atoms with Crippen molar-refractivity contribution >= 4 is 0 Å². The van der Waals surface area contributed by atoms with E-state index in [2.05, 4.69) is 38.1 Å². The molecule has 1 saturated heterocycles. The molecule has 0 spiro atoms. The van der Waals surface area contributed by atoms with Crippen molar-refractivity contribution in [3.8, 4) is 0 Å². The molecule has 3 unspecified atom stereocenters. The summed E-state index contributed by atoms with van der Waals surface area (Å²) in [6, 6.07) is 1.42. The van der Waals surface area contributed by atoms with Crippen LogP contribution in [0.5, 0.6) is 0 Å². The summed E-state index contributed by atoms with van der Waals surface area (Å²) in [6.07, 6.45) is 6.72. The highest BCUT2D eigenvalue weighted by Gasteiger charge is 2.24. The van der Waals surface area contributed by atoms with Gasteiger partial charge in [0.1, 0.15) is 0 Å². The molecule has 0 aromatic rings. The first-order valence-corrected chi connectivity index (χ1v) is 6.67. The molecule has 1 aliphatic heterocycles. The first-order chi connectivity index (χ1) is 7.15. The van der Waals surface area contributed by atoms with E-state index in [0.29, 0.717) is 12.1 Å². The summed E-state index contributed by atoms with van der Waals surface area (Å²) in [5.74, 6) is 0.802. The molecule has 1 N–H and O–H groups in total. The highest BCUT2D eigenvalue weighted by atomic mass is 15.5. The highest BCUT2D eigenvalue weighted by molar-refractivity contribution is 4.76. The summed E-state index contributed by atoms with van der Waals surface area (Å²) in [6.45, 7) is 10.4. The van der Waals surface area contributed by atoms with E-state index in [9.17, 15) is 0 Å². The van der Waals surface area contributed by atoms with Gasteiger partial charge >= 0.3 is 0 Å². The van der Waals surface area contributed by atoms with Gasteiger partial charge < -0.3 is 0 Å². The van der Waals surface area contributed by atoms with E-state index in [0.717, 1.165) is 12.5 Å². The molecule has 1 rings (SSSR count). The second-order valence-electron chi connectivity index (χ2n) is 5.29. The van der Waals surface area contributed by atoms with Crippen molar-refractivity contribution in [3.63, 3.8) is 0 Å². The first kappa shape index (κ1) is 13.0. The SMILES string of the molecule is CCCC(C)CNN1C(C)CCCC1C. The Labute approximate surface area is 95.4 Å². The lowest BCUT2D eigenvalue weighted by molar-refractivity contribution is 0.0410. The molecule has 1 fully saturated rings. The Bertz CT molecular complexity index is 160. The Kier molecular flexibility index (Phi) is 5.62. The van der Waals surface area contributed by atoms with Crippen LogP contribution in [0.15, 0.2) is 0 Å². The molecule has 0 aromatic carbocycles. The van der Waals surface area contributed by atoms with Crippen LogP contribution in [0.25, 0.3) is 0 Å². The number of hydrogen-bond acceptors (Lipinski definition) is 2. The standard InChI is InChI=1S/C13H28N2/c1-5-7-11(2)10-14-15-12(3)8-6-9-13(15)4/h11-14H,5-10H2,1-4H3. The van der Waals surface area contributed by atoms with Crippen molar-refractivity contribution in [3.05, 3.63) is 0 Å². The fourth-order valence-electron chi connectivity index (χ4n) is 2.59. The number of nitrogens with zero attached hydrogens (tertiary/aromatic N) is 1. The predicted molar refractivity (Wildman–Crippen MR) is 66.7 cm³/mol. The zero-order chi connectivity index (χ0) is 11.3. The van der Waals surface area contributed by atoms with Crippen molar-refractivity contribution in [1.29, 1.82) is 0 Å². The van der Waals surface area contributed by atoms with Crippen molar-refractivity contribution in [1.82, 2.24) is 10.4 Å². The minimum Gasteiger partial charge on any atom is -0.254 e. The van der Waals surface area contributed by atoms with Gasteiger partial charge in [0.05, 0.1) is 0 Å². The quantitative estimate of drug-likeness (QED) is 0.753. The number of rotatable bonds is 5. The van der Waals surface area contributed by atoms with E-state index >= 15 is 0 Å². The van der Waals surface area contributed by atoms with Crippen molar-refractivity contribution in [2.24, 2.45) is 5.92 Å². The van der Waals surface area contributed by atoms with Gasteiger partial charge in [-0.1, -0.05) is 26.7 Å². The number of hydrazine groups is 1. The molecule has 0 radical (unpaired) electrons. The van der Waals surface area contributed by atoms with Crippen LogP contribution in [0.4, 0.5) is 0 Å². The van der Waals surface area contributed by atoms with Gasteiger partial charge in [-0.3, -0.25) is 5.43 Å². The van der Waals surface area contributed by atoms with E-state index in [-0.39, 0.29) is 0 Å². The lowest BCUT2D eigenvalue weighted by atomic mass is 9.99. The summed E-state index contributed by atoms with van der Waals surface area (Å²) in [4.78, 5) is 0. The summed E-state index contributed by atoms with van der Waals surface area (Å²) >= 11 is 0. The third kappa shape index (κ3) is 4.12. The normalized spacial score (nSPS) is 30.4. The molecular formula is C13H28N2. The monoisotopic (exact) mass is 212 g/mol.